The number of nitriles is 1. The molecule has 0 aliphatic heterocycles. The number of sulfonamides is 1. The fourth-order valence-electron chi connectivity index (χ4n) is 2.32. The van der Waals surface area contributed by atoms with Crippen LogP contribution in [0, 0.1) is 18.3 Å². The summed E-state index contributed by atoms with van der Waals surface area (Å²) >= 11 is 1.51. The third kappa shape index (κ3) is 2.90. The van der Waals surface area contributed by atoms with Crippen LogP contribution in [-0.4, -0.2) is 23.7 Å². The van der Waals surface area contributed by atoms with Gasteiger partial charge in [0, 0.05) is 11.4 Å². The Hall–Kier alpha value is -1.75. The molecule has 1 aromatic heterocycles. The van der Waals surface area contributed by atoms with Gasteiger partial charge in [0.25, 0.3) is 0 Å². The van der Waals surface area contributed by atoms with Crippen molar-refractivity contribution in [2.75, 3.05) is 0 Å². The van der Waals surface area contributed by atoms with Crippen LogP contribution in [-0.2, 0) is 16.6 Å². The molecule has 22 heavy (non-hydrogen) atoms. The SMILES string of the molecule is Cc1nc(CN(C2CC2)S(=O)(=O)c2ccccc2C#N)cs1. The summed E-state index contributed by atoms with van der Waals surface area (Å²) in [6.45, 7) is 2.16. The van der Waals surface area contributed by atoms with Crippen molar-refractivity contribution in [2.24, 2.45) is 0 Å². The molecule has 1 heterocycles. The Balaban J connectivity index is 1.98. The van der Waals surface area contributed by atoms with E-state index in [-0.39, 0.29) is 23.0 Å². The van der Waals surface area contributed by atoms with Gasteiger partial charge in [0.2, 0.25) is 10.0 Å². The van der Waals surface area contributed by atoms with Gasteiger partial charge < -0.3 is 0 Å². The number of benzene rings is 1. The van der Waals surface area contributed by atoms with Gasteiger partial charge in [-0.2, -0.15) is 9.57 Å². The first-order valence-corrected chi connectivity index (χ1v) is 9.26. The van der Waals surface area contributed by atoms with Gasteiger partial charge in [-0.1, -0.05) is 12.1 Å². The quantitative estimate of drug-likeness (QED) is 0.843. The molecular weight excluding hydrogens is 318 g/mol. The van der Waals surface area contributed by atoms with Crippen LogP contribution in [0.3, 0.4) is 0 Å². The van der Waals surface area contributed by atoms with Crippen LogP contribution in [0.4, 0.5) is 0 Å². The summed E-state index contributed by atoms with van der Waals surface area (Å²) in [6.07, 6.45) is 1.72. The summed E-state index contributed by atoms with van der Waals surface area (Å²) < 4.78 is 27.4. The van der Waals surface area contributed by atoms with Crippen LogP contribution in [0.15, 0.2) is 34.5 Å². The predicted molar refractivity (Wildman–Crippen MR) is 83.8 cm³/mol. The van der Waals surface area contributed by atoms with E-state index in [1.54, 1.807) is 12.1 Å². The van der Waals surface area contributed by atoms with Crippen molar-refractivity contribution in [2.45, 2.75) is 37.2 Å². The minimum Gasteiger partial charge on any atom is -0.245 e. The lowest BCUT2D eigenvalue weighted by molar-refractivity contribution is 0.395. The van der Waals surface area contributed by atoms with Crippen LogP contribution >= 0.6 is 11.3 Å². The first kappa shape index (κ1) is 15.2. The van der Waals surface area contributed by atoms with Gasteiger partial charge >= 0.3 is 0 Å². The molecule has 1 aliphatic carbocycles. The molecular formula is C15H15N3O2S2. The number of hydrogen-bond donors (Lipinski definition) is 0. The summed E-state index contributed by atoms with van der Waals surface area (Å²) in [6, 6.07) is 8.32. The topological polar surface area (TPSA) is 74.1 Å². The molecule has 1 saturated carbocycles. The molecule has 0 N–H and O–H groups in total. The second kappa shape index (κ2) is 5.80. The number of rotatable bonds is 5. The molecule has 5 nitrogen and oxygen atoms in total. The Kier molecular flexibility index (Phi) is 4.00. The molecule has 0 unspecified atom stereocenters. The molecule has 7 heteroatoms. The summed E-state index contributed by atoms with van der Waals surface area (Å²) in [7, 11) is -3.69. The number of thiazole rings is 1. The van der Waals surface area contributed by atoms with Crippen molar-refractivity contribution in [3.8, 4) is 6.07 Å². The second-order valence-electron chi connectivity index (χ2n) is 5.25. The molecule has 0 amide bonds. The Bertz CT molecular complexity index is 832. The average Bonchev–Trinajstić information content (AvgIpc) is 3.27. The Morgan fingerprint density at radius 2 is 2.14 bits per heavy atom. The van der Waals surface area contributed by atoms with Crippen molar-refractivity contribution in [3.05, 3.63) is 45.9 Å². The lowest BCUT2D eigenvalue weighted by Gasteiger charge is -2.21. The van der Waals surface area contributed by atoms with E-state index < -0.39 is 10.0 Å². The monoisotopic (exact) mass is 333 g/mol. The molecule has 1 aliphatic rings. The van der Waals surface area contributed by atoms with E-state index in [2.05, 4.69) is 4.98 Å². The summed E-state index contributed by atoms with van der Waals surface area (Å²) in [5.74, 6) is 0. The van der Waals surface area contributed by atoms with Gasteiger partial charge in [0.15, 0.2) is 0 Å². The lowest BCUT2D eigenvalue weighted by Crippen LogP contribution is -2.33. The normalized spacial score (nSPS) is 15.0. The van der Waals surface area contributed by atoms with E-state index in [0.717, 1.165) is 23.5 Å². The predicted octanol–water partition coefficient (Wildman–Crippen LogP) is 2.68. The zero-order chi connectivity index (χ0) is 15.7. The smallest absolute Gasteiger partial charge is 0.245 e. The summed E-state index contributed by atoms with van der Waals surface area (Å²) in [5.41, 5.74) is 0.940. The summed E-state index contributed by atoms with van der Waals surface area (Å²) in [5, 5.41) is 12.0. The van der Waals surface area contributed by atoms with Crippen molar-refractivity contribution < 1.29 is 8.42 Å². The maximum Gasteiger partial charge on any atom is 0.245 e. The van der Waals surface area contributed by atoms with Gasteiger partial charge in [0.1, 0.15) is 6.07 Å². The Morgan fingerprint density at radius 3 is 2.73 bits per heavy atom. The highest BCUT2D eigenvalue weighted by Crippen LogP contribution is 2.34. The number of nitrogens with zero attached hydrogens (tertiary/aromatic N) is 3. The van der Waals surface area contributed by atoms with Crippen LogP contribution < -0.4 is 0 Å². The molecule has 0 atom stereocenters. The summed E-state index contributed by atoms with van der Waals surface area (Å²) in [4.78, 5) is 4.44. The standard InChI is InChI=1S/C15H15N3O2S2/c1-11-17-13(10-21-11)9-18(14-6-7-14)22(19,20)15-5-3-2-4-12(15)8-16/h2-5,10,14H,6-7,9H2,1H3. The first-order valence-electron chi connectivity index (χ1n) is 6.94. The highest BCUT2D eigenvalue weighted by molar-refractivity contribution is 7.89. The van der Waals surface area contributed by atoms with Crippen molar-refractivity contribution in [1.82, 2.24) is 9.29 Å². The number of aromatic nitrogens is 1. The van der Waals surface area contributed by atoms with Crippen LogP contribution in [0.1, 0.15) is 29.1 Å². The second-order valence-corrected chi connectivity index (χ2v) is 8.17. The zero-order valence-electron chi connectivity index (χ0n) is 12.1. The molecule has 114 valence electrons. The van der Waals surface area contributed by atoms with Crippen LogP contribution in [0.2, 0.25) is 0 Å². The first-order chi connectivity index (χ1) is 10.5. The minimum absolute atomic E-state index is 0.0127. The maximum absolute atomic E-state index is 13.0. The van der Waals surface area contributed by atoms with Crippen LogP contribution in [0.5, 0.6) is 0 Å². The van der Waals surface area contributed by atoms with Gasteiger partial charge in [-0.05, 0) is 31.9 Å². The molecule has 0 radical (unpaired) electrons. The van der Waals surface area contributed by atoms with Gasteiger partial charge in [-0.25, -0.2) is 13.4 Å². The number of hydrogen-bond acceptors (Lipinski definition) is 5. The molecule has 0 saturated heterocycles. The highest BCUT2D eigenvalue weighted by atomic mass is 32.2. The number of aryl methyl sites for hydroxylation is 1. The van der Waals surface area contributed by atoms with Crippen molar-refractivity contribution in [3.63, 3.8) is 0 Å². The molecule has 0 spiro atoms. The van der Waals surface area contributed by atoms with E-state index >= 15 is 0 Å². The molecule has 3 rings (SSSR count). The third-order valence-corrected chi connectivity index (χ3v) is 6.31. The maximum atomic E-state index is 13.0. The van der Waals surface area contributed by atoms with E-state index in [0.29, 0.717) is 0 Å². The zero-order valence-corrected chi connectivity index (χ0v) is 13.7. The van der Waals surface area contributed by atoms with Crippen LogP contribution in [0.25, 0.3) is 0 Å². The van der Waals surface area contributed by atoms with E-state index in [4.69, 9.17) is 5.26 Å². The van der Waals surface area contributed by atoms with E-state index in [9.17, 15) is 8.42 Å². The molecule has 0 bridgehead atoms. The molecule has 1 aromatic carbocycles. The molecule has 2 aromatic rings. The van der Waals surface area contributed by atoms with E-state index in [1.165, 1.54) is 27.8 Å². The highest BCUT2D eigenvalue weighted by Gasteiger charge is 2.39. The minimum atomic E-state index is -3.69. The fraction of sp³-hybridized carbons (Fsp3) is 0.333. The average molecular weight is 333 g/mol. The molecule has 1 fully saturated rings. The third-order valence-electron chi connectivity index (χ3n) is 3.53. The fourth-order valence-corrected chi connectivity index (χ4v) is 4.73. The van der Waals surface area contributed by atoms with Gasteiger partial charge in [-0.3, -0.25) is 0 Å². The Labute approximate surface area is 133 Å². The van der Waals surface area contributed by atoms with Gasteiger partial charge in [-0.15, -0.1) is 11.3 Å². The van der Waals surface area contributed by atoms with Gasteiger partial charge in [0.05, 0.1) is 27.7 Å². The Morgan fingerprint density at radius 1 is 1.41 bits per heavy atom. The lowest BCUT2D eigenvalue weighted by atomic mass is 10.2. The van der Waals surface area contributed by atoms with E-state index in [1.807, 2.05) is 18.4 Å². The largest absolute Gasteiger partial charge is 0.245 e. The van der Waals surface area contributed by atoms with Crippen molar-refractivity contribution in [1.29, 1.82) is 5.26 Å². The van der Waals surface area contributed by atoms with Crippen molar-refractivity contribution >= 4 is 21.4 Å².